The fourth-order valence-electron chi connectivity index (χ4n) is 2.33. The highest BCUT2D eigenvalue weighted by Crippen LogP contribution is 2.27. The van der Waals surface area contributed by atoms with Gasteiger partial charge >= 0.3 is 0 Å². The highest BCUT2D eigenvalue weighted by atomic mass is 16.3. The van der Waals surface area contributed by atoms with E-state index in [-0.39, 0.29) is 6.04 Å². The van der Waals surface area contributed by atoms with Crippen molar-refractivity contribution in [2.45, 2.75) is 25.9 Å². The van der Waals surface area contributed by atoms with Crippen LogP contribution in [0.1, 0.15) is 30.8 Å². The third-order valence-corrected chi connectivity index (χ3v) is 3.27. The summed E-state index contributed by atoms with van der Waals surface area (Å²) in [5.41, 5.74) is 4.53. The van der Waals surface area contributed by atoms with Crippen molar-refractivity contribution in [3.05, 3.63) is 48.0 Å². The second-order valence-corrected chi connectivity index (χ2v) is 4.67. The fourth-order valence-corrected chi connectivity index (χ4v) is 2.33. The van der Waals surface area contributed by atoms with E-state index in [2.05, 4.69) is 22.7 Å². The minimum Gasteiger partial charge on any atom is -0.459 e. The molecule has 20 heavy (non-hydrogen) atoms. The molecule has 0 aliphatic carbocycles. The Kier molecular flexibility index (Phi) is 3.49. The van der Waals surface area contributed by atoms with Crippen molar-refractivity contribution in [2.24, 2.45) is 5.84 Å². The second kappa shape index (κ2) is 5.44. The van der Waals surface area contributed by atoms with Crippen LogP contribution in [-0.4, -0.2) is 15.0 Å². The summed E-state index contributed by atoms with van der Waals surface area (Å²) < 4.78 is 7.71. The van der Waals surface area contributed by atoms with Gasteiger partial charge in [-0.25, -0.2) is 10.1 Å². The van der Waals surface area contributed by atoms with Crippen LogP contribution >= 0.6 is 0 Å². The van der Waals surface area contributed by atoms with Crippen molar-refractivity contribution < 1.29 is 4.42 Å². The van der Waals surface area contributed by atoms with Gasteiger partial charge in [-0.1, -0.05) is 30.3 Å². The van der Waals surface area contributed by atoms with Gasteiger partial charge in [-0.05, 0) is 18.6 Å². The van der Waals surface area contributed by atoms with E-state index in [9.17, 15) is 0 Å². The molecule has 0 spiro atoms. The minimum absolute atomic E-state index is 0.260. The SMILES string of the molecule is CCCn1nncc1C(NN)c1cc2ccccc2o1. The van der Waals surface area contributed by atoms with Gasteiger partial charge in [-0.15, -0.1) is 5.10 Å². The molecule has 1 unspecified atom stereocenters. The summed E-state index contributed by atoms with van der Waals surface area (Å²) in [5, 5.41) is 9.10. The first-order valence-electron chi connectivity index (χ1n) is 6.66. The molecule has 0 bridgehead atoms. The third-order valence-electron chi connectivity index (χ3n) is 3.27. The molecule has 2 heterocycles. The predicted molar refractivity (Wildman–Crippen MR) is 75.7 cm³/mol. The van der Waals surface area contributed by atoms with E-state index in [1.807, 2.05) is 35.0 Å². The van der Waals surface area contributed by atoms with Crippen LogP contribution in [0.4, 0.5) is 0 Å². The van der Waals surface area contributed by atoms with Crippen LogP contribution in [0.5, 0.6) is 0 Å². The topological polar surface area (TPSA) is 81.9 Å². The smallest absolute Gasteiger partial charge is 0.134 e. The summed E-state index contributed by atoms with van der Waals surface area (Å²) in [5.74, 6) is 6.46. The fraction of sp³-hybridized carbons (Fsp3) is 0.286. The van der Waals surface area contributed by atoms with E-state index >= 15 is 0 Å². The largest absolute Gasteiger partial charge is 0.459 e. The molecule has 104 valence electrons. The van der Waals surface area contributed by atoms with Gasteiger partial charge in [0.05, 0.1) is 11.9 Å². The van der Waals surface area contributed by atoms with Crippen LogP contribution in [0, 0.1) is 0 Å². The van der Waals surface area contributed by atoms with Crippen molar-refractivity contribution in [3.63, 3.8) is 0 Å². The van der Waals surface area contributed by atoms with Gasteiger partial charge in [0.25, 0.3) is 0 Å². The Labute approximate surface area is 116 Å². The molecule has 1 aromatic carbocycles. The molecule has 0 amide bonds. The number of nitrogens with two attached hydrogens (primary N) is 1. The minimum atomic E-state index is -0.260. The normalized spacial score (nSPS) is 12.9. The molecule has 6 heteroatoms. The summed E-state index contributed by atoms with van der Waals surface area (Å²) in [7, 11) is 0. The van der Waals surface area contributed by atoms with E-state index in [1.165, 1.54) is 0 Å². The zero-order chi connectivity index (χ0) is 13.9. The molecule has 3 rings (SSSR count). The summed E-state index contributed by atoms with van der Waals surface area (Å²) in [6.45, 7) is 2.89. The summed E-state index contributed by atoms with van der Waals surface area (Å²) in [6.07, 6.45) is 2.70. The van der Waals surface area contributed by atoms with Gasteiger partial charge < -0.3 is 4.42 Å². The Morgan fingerprint density at radius 3 is 3.00 bits per heavy atom. The molecule has 0 radical (unpaired) electrons. The highest BCUT2D eigenvalue weighted by Gasteiger charge is 2.21. The standard InChI is InChI=1S/C14H17N5O/c1-2-7-19-11(9-16-18-19)14(17-15)13-8-10-5-3-4-6-12(10)20-13/h3-6,8-9,14,17H,2,7,15H2,1H3. The van der Waals surface area contributed by atoms with Gasteiger partial charge in [0.15, 0.2) is 0 Å². The predicted octanol–water partition coefficient (Wildman–Crippen LogP) is 1.99. The number of benzene rings is 1. The lowest BCUT2D eigenvalue weighted by molar-refractivity contribution is 0.444. The second-order valence-electron chi connectivity index (χ2n) is 4.67. The molecule has 0 aliphatic heterocycles. The van der Waals surface area contributed by atoms with Crippen LogP contribution < -0.4 is 11.3 Å². The van der Waals surface area contributed by atoms with Gasteiger partial charge in [0.1, 0.15) is 17.4 Å². The first kappa shape index (κ1) is 12.8. The molecular weight excluding hydrogens is 254 g/mol. The molecule has 0 fully saturated rings. The number of aryl methyl sites for hydroxylation is 1. The zero-order valence-electron chi connectivity index (χ0n) is 11.3. The Hall–Kier alpha value is -2.18. The highest BCUT2D eigenvalue weighted by molar-refractivity contribution is 5.77. The molecule has 0 aliphatic rings. The number of aromatic nitrogens is 3. The van der Waals surface area contributed by atoms with E-state index in [0.717, 1.165) is 35.4 Å². The number of hydrogen-bond acceptors (Lipinski definition) is 5. The Balaban J connectivity index is 2.02. The lowest BCUT2D eigenvalue weighted by Gasteiger charge is -2.14. The number of para-hydroxylation sites is 1. The van der Waals surface area contributed by atoms with Crippen LogP contribution in [0.25, 0.3) is 11.0 Å². The molecule has 6 nitrogen and oxygen atoms in total. The van der Waals surface area contributed by atoms with Gasteiger partial charge in [-0.3, -0.25) is 5.84 Å². The summed E-state index contributed by atoms with van der Waals surface area (Å²) >= 11 is 0. The average molecular weight is 271 g/mol. The Bertz CT molecular complexity index is 669. The molecule has 1 atom stereocenters. The van der Waals surface area contributed by atoms with E-state index < -0.39 is 0 Å². The maximum atomic E-state index is 5.87. The molecule has 3 aromatic rings. The number of nitrogens with one attached hydrogen (secondary N) is 1. The van der Waals surface area contributed by atoms with Crippen LogP contribution in [-0.2, 0) is 6.54 Å². The number of nitrogens with zero attached hydrogens (tertiary/aromatic N) is 3. The molecule has 0 saturated carbocycles. The van der Waals surface area contributed by atoms with Crippen molar-refractivity contribution in [2.75, 3.05) is 0 Å². The van der Waals surface area contributed by atoms with Crippen molar-refractivity contribution in [1.29, 1.82) is 0 Å². The van der Waals surface area contributed by atoms with Crippen LogP contribution in [0.3, 0.4) is 0 Å². The number of hydrazine groups is 1. The molecule has 3 N–H and O–H groups in total. The van der Waals surface area contributed by atoms with E-state index in [0.29, 0.717) is 0 Å². The summed E-state index contributed by atoms with van der Waals surface area (Å²) in [4.78, 5) is 0. The Morgan fingerprint density at radius 2 is 2.25 bits per heavy atom. The quantitative estimate of drug-likeness (QED) is 0.548. The van der Waals surface area contributed by atoms with Crippen molar-refractivity contribution in [1.82, 2.24) is 20.4 Å². The number of hydrogen-bond donors (Lipinski definition) is 2. The average Bonchev–Trinajstić information content (AvgIpc) is 3.07. The maximum Gasteiger partial charge on any atom is 0.134 e. The number of furan rings is 1. The van der Waals surface area contributed by atoms with E-state index in [4.69, 9.17) is 10.3 Å². The van der Waals surface area contributed by atoms with Crippen LogP contribution in [0.15, 0.2) is 40.9 Å². The first-order valence-corrected chi connectivity index (χ1v) is 6.66. The van der Waals surface area contributed by atoms with Crippen LogP contribution in [0.2, 0.25) is 0 Å². The third kappa shape index (κ3) is 2.19. The lowest BCUT2D eigenvalue weighted by Crippen LogP contribution is -2.30. The molecule has 2 aromatic heterocycles. The lowest BCUT2D eigenvalue weighted by atomic mass is 10.1. The zero-order valence-corrected chi connectivity index (χ0v) is 11.3. The van der Waals surface area contributed by atoms with Crippen molar-refractivity contribution in [3.8, 4) is 0 Å². The van der Waals surface area contributed by atoms with Crippen molar-refractivity contribution >= 4 is 11.0 Å². The molecule has 0 saturated heterocycles. The van der Waals surface area contributed by atoms with Gasteiger partial charge in [0, 0.05) is 11.9 Å². The Morgan fingerprint density at radius 1 is 1.40 bits per heavy atom. The van der Waals surface area contributed by atoms with E-state index in [1.54, 1.807) is 6.20 Å². The molecular formula is C14H17N5O. The summed E-state index contributed by atoms with van der Waals surface area (Å²) in [6, 6.07) is 9.61. The van der Waals surface area contributed by atoms with Gasteiger partial charge in [0.2, 0.25) is 0 Å². The maximum absolute atomic E-state index is 5.87. The first-order chi connectivity index (χ1) is 9.83. The van der Waals surface area contributed by atoms with Gasteiger partial charge in [-0.2, -0.15) is 0 Å². The monoisotopic (exact) mass is 271 g/mol. The number of rotatable bonds is 5. The number of fused-ring (bicyclic) bond motifs is 1.